The highest BCUT2D eigenvalue weighted by atomic mass is 16.4. The number of aryl methyl sites for hydroxylation is 2. The summed E-state index contributed by atoms with van der Waals surface area (Å²) in [6.45, 7) is 4.99. The smallest absolute Gasteiger partial charge is 0.349 e. The number of carboxylic acid groups (broad SMARTS) is 1. The van der Waals surface area contributed by atoms with E-state index in [1.165, 1.54) is 0 Å². The average molecular weight is 411 g/mol. The molecule has 1 aromatic rings. The highest BCUT2D eigenvalue weighted by molar-refractivity contribution is 5.81. The van der Waals surface area contributed by atoms with Crippen LogP contribution >= 0.6 is 0 Å². The fraction of sp³-hybridized carbons (Fsp3) is 0.476. The van der Waals surface area contributed by atoms with Crippen molar-refractivity contribution < 1.29 is 9.90 Å². The van der Waals surface area contributed by atoms with Gasteiger partial charge in [-0.05, 0) is 57.0 Å². The van der Waals surface area contributed by atoms with Crippen molar-refractivity contribution in [1.82, 2.24) is 24.4 Å². The van der Waals surface area contributed by atoms with Crippen LogP contribution < -0.4 is 11.2 Å². The predicted octanol–water partition coefficient (Wildman–Crippen LogP) is 1.39. The lowest BCUT2D eigenvalue weighted by Crippen LogP contribution is -2.40. The van der Waals surface area contributed by atoms with E-state index in [0.717, 1.165) is 29.5 Å². The normalized spacial score (nSPS) is 19.2. The molecule has 1 fully saturated rings. The number of hydrogen-bond acceptors (Lipinski definition) is 6. The molecule has 2 unspecified atom stereocenters. The first kappa shape index (κ1) is 20.2. The lowest BCUT2D eigenvalue weighted by Gasteiger charge is -2.28. The van der Waals surface area contributed by atoms with Gasteiger partial charge in [0, 0.05) is 19.1 Å². The number of carbonyl (C=O) groups is 1. The van der Waals surface area contributed by atoms with E-state index in [1.807, 2.05) is 37.6 Å². The molecular weight excluding hydrogens is 386 g/mol. The Bertz CT molecular complexity index is 1210. The fourth-order valence-corrected chi connectivity index (χ4v) is 4.46. The maximum Gasteiger partial charge on any atom is 0.349 e. The van der Waals surface area contributed by atoms with Crippen LogP contribution in [0, 0.1) is 19.8 Å². The number of nitrogens with zero attached hydrogens (tertiary/aromatic N) is 4. The fourth-order valence-electron chi connectivity index (χ4n) is 4.46. The Morgan fingerprint density at radius 3 is 2.70 bits per heavy atom. The lowest BCUT2D eigenvalue weighted by molar-refractivity contribution is -0.143. The summed E-state index contributed by atoms with van der Waals surface area (Å²) in [5.74, 6) is -0.883. The zero-order valence-electron chi connectivity index (χ0n) is 17.3. The number of benzene rings is 1. The molecule has 0 aromatic heterocycles. The summed E-state index contributed by atoms with van der Waals surface area (Å²) in [5, 5.41) is 9.50. The summed E-state index contributed by atoms with van der Waals surface area (Å²) < 4.78 is 1.85. The largest absolute Gasteiger partial charge is 0.481 e. The summed E-state index contributed by atoms with van der Waals surface area (Å²) in [6, 6.07) is 3.88. The van der Waals surface area contributed by atoms with Crippen LogP contribution in [0.4, 0.5) is 0 Å². The molecule has 2 atom stereocenters. The molecule has 0 radical (unpaired) electrons. The standard InChI is InChI=1S/C21H25N5O4/c1-11-9-14-16(10-12(11)2)26(18-17(22-14)19(27)24-21(30)23-18)8-7-25(3)15-6-4-5-13(15)20(28)29/h9-10,13,15H,4-8H2,1-3H3,(H,28,29)(H,24,27,30). The van der Waals surface area contributed by atoms with Gasteiger partial charge in [0.2, 0.25) is 0 Å². The van der Waals surface area contributed by atoms with Gasteiger partial charge in [-0.2, -0.15) is 4.98 Å². The van der Waals surface area contributed by atoms with Crippen LogP contribution in [0.2, 0.25) is 0 Å². The van der Waals surface area contributed by atoms with Crippen LogP contribution in [-0.4, -0.2) is 55.1 Å². The number of nitrogens with one attached hydrogen (secondary N) is 1. The van der Waals surface area contributed by atoms with Gasteiger partial charge in [-0.3, -0.25) is 14.6 Å². The first-order valence-corrected chi connectivity index (χ1v) is 10.1. The molecule has 1 aromatic carbocycles. The SMILES string of the molecule is Cc1cc2nc3c(=O)[nH]c(=O)nc-3n(CCN(C)C3CCCC3C(=O)O)c2cc1C. The van der Waals surface area contributed by atoms with Crippen LogP contribution in [0.1, 0.15) is 30.4 Å². The number of hydrogen-bond donors (Lipinski definition) is 2. The molecule has 4 rings (SSSR count). The molecule has 9 heteroatoms. The Hall–Kier alpha value is -3.07. The van der Waals surface area contributed by atoms with Gasteiger partial charge in [0.25, 0.3) is 5.56 Å². The van der Waals surface area contributed by atoms with E-state index < -0.39 is 17.2 Å². The molecule has 3 aliphatic rings. The first-order chi connectivity index (χ1) is 14.3. The van der Waals surface area contributed by atoms with Gasteiger partial charge in [0.15, 0.2) is 11.5 Å². The Kier molecular flexibility index (Phi) is 5.15. The zero-order chi connectivity index (χ0) is 21.6. The summed E-state index contributed by atoms with van der Waals surface area (Å²) in [4.78, 5) is 48.6. The summed E-state index contributed by atoms with van der Waals surface area (Å²) in [5.41, 5.74) is 2.42. The number of H-pyrrole nitrogens is 1. The van der Waals surface area contributed by atoms with E-state index in [-0.39, 0.29) is 23.5 Å². The van der Waals surface area contributed by atoms with Crippen molar-refractivity contribution in [3.8, 4) is 11.5 Å². The van der Waals surface area contributed by atoms with Crippen LogP contribution in [-0.2, 0) is 11.3 Å². The van der Waals surface area contributed by atoms with E-state index in [4.69, 9.17) is 0 Å². The predicted molar refractivity (Wildman–Crippen MR) is 112 cm³/mol. The van der Waals surface area contributed by atoms with E-state index >= 15 is 0 Å². The van der Waals surface area contributed by atoms with Gasteiger partial charge in [-0.15, -0.1) is 0 Å². The van der Waals surface area contributed by atoms with E-state index in [2.05, 4.69) is 19.9 Å². The molecule has 0 bridgehead atoms. The second-order valence-corrected chi connectivity index (χ2v) is 8.16. The minimum atomic E-state index is -0.757. The number of likely N-dealkylation sites (N-methyl/N-ethyl adjacent to an activating group) is 1. The highest BCUT2D eigenvalue weighted by Crippen LogP contribution is 2.30. The molecule has 0 saturated heterocycles. The molecule has 0 spiro atoms. The second kappa shape index (κ2) is 7.64. The Morgan fingerprint density at radius 1 is 1.23 bits per heavy atom. The maximum atomic E-state index is 12.4. The third-order valence-corrected chi connectivity index (χ3v) is 6.26. The van der Waals surface area contributed by atoms with Crippen molar-refractivity contribution in [2.75, 3.05) is 13.6 Å². The van der Waals surface area contributed by atoms with Crippen molar-refractivity contribution in [2.45, 2.75) is 45.7 Å². The molecule has 1 aliphatic carbocycles. The topological polar surface area (TPSA) is 121 Å². The molecule has 2 heterocycles. The molecule has 1 saturated carbocycles. The number of rotatable bonds is 5. The maximum absolute atomic E-state index is 12.4. The van der Waals surface area contributed by atoms with Gasteiger partial charge < -0.3 is 14.6 Å². The third-order valence-electron chi connectivity index (χ3n) is 6.26. The van der Waals surface area contributed by atoms with Gasteiger partial charge in [0.1, 0.15) is 0 Å². The van der Waals surface area contributed by atoms with Gasteiger partial charge >= 0.3 is 11.7 Å². The average Bonchev–Trinajstić information content (AvgIpc) is 3.17. The molecule has 2 aliphatic heterocycles. The molecule has 0 amide bonds. The highest BCUT2D eigenvalue weighted by Gasteiger charge is 2.35. The van der Waals surface area contributed by atoms with Crippen LogP contribution in [0.25, 0.3) is 22.6 Å². The van der Waals surface area contributed by atoms with Gasteiger partial charge in [-0.25, -0.2) is 9.78 Å². The number of carboxylic acids is 1. The number of aliphatic carboxylic acids is 1. The van der Waals surface area contributed by atoms with Crippen LogP contribution in [0.3, 0.4) is 0 Å². The van der Waals surface area contributed by atoms with Crippen LogP contribution in [0.5, 0.6) is 0 Å². The monoisotopic (exact) mass is 411 g/mol. The second-order valence-electron chi connectivity index (χ2n) is 8.16. The minimum absolute atomic E-state index is 0.0297. The first-order valence-electron chi connectivity index (χ1n) is 10.1. The molecule has 2 N–H and O–H groups in total. The van der Waals surface area contributed by atoms with E-state index in [0.29, 0.717) is 25.0 Å². The zero-order valence-corrected chi connectivity index (χ0v) is 17.3. The molecular formula is C21H25N5O4. The van der Waals surface area contributed by atoms with Crippen molar-refractivity contribution in [3.63, 3.8) is 0 Å². The van der Waals surface area contributed by atoms with Crippen molar-refractivity contribution in [3.05, 3.63) is 44.1 Å². The van der Waals surface area contributed by atoms with E-state index in [1.54, 1.807) is 0 Å². The van der Waals surface area contributed by atoms with Crippen molar-refractivity contribution >= 4 is 17.0 Å². The Labute approximate surface area is 172 Å². The summed E-state index contributed by atoms with van der Waals surface area (Å²) in [7, 11) is 1.92. The minimum Gasteiger partial charge on any atom is -0.481 e. The number of aromatic amines is 1. The molecule has 30 heavy (non-hydrogen) atoms. The van der Waals surface area contributed by atoms with Crippen LogP contribution in [0.15, 0.2) is 21.7 Å². The van der Waals surface area contributed by atoms with Crippen molar-refractivity contribution in [2.24, 2.45) is 5.92 Å². The van der Waals surface area contributed by atoms with Gasteiger partial charge in [-0.1, -0.05) is 6.42 Å². The van der Waals surface area contributed by atoms with Gasteiger partial charge in [0.05, 0.1) is 17.0 Å². The van der Waals surface area contributed by atoms with E-state index in [9.17, 15) is 19.5 Å². The quantitative estimate of drug-likeness (QED) is 0.609. The molecule has 9 nitrogen and oxygen atoms in total. The molecule has 158 valence electrons. The Morgan fingerprint density at radius 2 is 1.97 bits per heavy atom. The number of fused-ring (bicyclic) bond motifs is 2. The number of aromatic nitrogens is 4. The lowest BCUT2D eigenvalue weighted by atomic mass is 10.0. The third kappa shape index (κ3) is 3.49. The summed E-state index contributed by atoms with van der Waals surface area (Å²) in [6.07, 6.45) is 2.43. The Balaban J connectivity index is 1.78. The van der Waals surface area contributed by atoms with Crippen molar-refractivity contribution in [1.29, 1.82) is 0 Å². The summed E-state index contributed by atoms with van der Waals surface area (Å²) >= 11 is 0.